The number of hydrogen-bond donors (Lipinski definition) is 1. The van der Waals surface area contributed by atoms with Gasteiger partial charge < -0.3 is 9.84 Å². The van der Waals surface area contributed by atoms with E-state index in [1.54, 1.807) is 12.1 Å². The highest BCUT2D eigenvalue weighted by atomic mass is 16.5. The molecule has 0 saturated carbocycles. The van der Waals surface area contributed by atoms with Crippen LogP contribution in [0.25, 0.3) is 0 Å². The van der Waals surface area contributed by atoms with Gasteiger partial charge in [-0.05, 0) is 36.6 Å². The van der Waals surface area contributed by atoms with Gasteiger partial charge in [0.1, 0.15) is 0 Å². The van der Waals surface area contributed by atoms with E-state index in [4.69, 9.17) is 9.84 Å². The zero-order chi connectivity index (χ0) is 21.7. The Morgan fingerprint density at radius 2 is 1.30 bits per heavy atom. The first-order chi connectivity index (χ1) is 14.7. The van der Waals surface area contributed by atoms with Crippen LogP contribution in [0.2, 0.25) is 0 Å². The van der Waals surface area contributed by atoms with Crippen molar-refractivity contribution < 1.29 is 14.6 Å². The molecule has 0 unspecified atom stereocenters. The lowest BCUT2D eigenvalue weighted by Gasteiger charge is -2.03. The molecule has 0 atom stereocenters. The molecule has 0 aliphatic rings. The van der Waals surface area contributed by atoms with Crippen LogP contribution in [-0.2, 0) is 11.2 Å². The number of carboxylic acids is 1. The van der Waals surface area contributed by atoms with E-state index < -0.39 is 5.97 Å². The lowest BCUT2D eigenvalue weighted by atomic mass is 10.0. The second-order valence-electron chi connectivity index (χ2n) is 8.38. The number of hydrogen-bond acceptors (Lipinski definition) is 2. The standard InChI is InChI=1S/C27H44O3/c1-2-3-4-5-6-7-8-9-10-11-12-13-14-15-16-17-23-30-24-22-25-18-20-26(21-19-25)27(28)29/h17-21,23H,2-16,22,24H2,1H3,(H,28,29)/b23-17-. The monoisotopic (exact) mass is 416 g/mol. The van der Waals surface area contributed by atoms with Gasteiger partial charge in [-0.15, -0.1) is 0 Å². The fraction of sp³-hybridized carbons (Fsp3) is 0.667. The van der Waals surface area contributed by atoms with Gasteiger partial charge in [-0.2, -0.15) is 0 Å². The Morgan fingerprint density at radius 1 is 0.800 bits per heavy atom. The topological polar surface area (TPSA) is 46.5 Å². The molecule has 170 valence electrons. The fourth-order valence-electron chi connectivity index (χ4n) is 3.65. The number of ether oxygens (including phenoxy) is 1. The van der Waals surface area contributed by atoms with E-state index in [0.29, 0.717) is 12.2 Å². The van der Waals surface area contributed by atoms with Crippen LogP contribution in [0.1, 0.15) is 119 Å². The summed E-state index contributed by atoms with van der Waals surface area (Å²) in [7, 11) is 0. The molecule has 1 rings (SSSR count). The van der Waals surface area contributed by atoms with Gasteiger partial charge in [0.15, 0.2) is 0 Å². The Hall–Kier alpha value is -1.77. The molecular formula is C27H44O3. The highest BCUT2D eigenvalue weighted by Gasteiger charge is 2.01. The van der Waals surface area contributed by atoms with Crippen molar-refractivity contribution in [3.63, 3.8) is 0 Å². The first-order valence-corrected chi connectivity index (χ1v) is 12.3. The molecule has 0 saturated heterocycles. The van der Waals surface area contributed by atoms with Crippen LogP contribution in [0, 0.1) is 0 Å². The fourth-order valence-corrected chi connectivity index (χ4v) is 3.65. The zero-order valence-electron chi connectivity index (χ0n) is 19.2. The minimum atomic E-state index is -0.885. The van der Waals surface area contributed by atoms with E-state index in [-0.39, 0.29) is 0 Å². The minimum Gasteiger partial charge on any atom is -0.501 e. The quantitative estimate of drug-likeness (QED) is 0.172. The number of carbonyl (C=O) groups is 1. The third kappa shape index (κ3) is 15.1. The van der Waals surface area contributed by atoms with Crippen LogP contribution in [-0.4, -0.2) is 17.7 Å². The number of carboxylic acid groups (broad SMARTS) is 1. The first kappa shape index (κ1) is 26.3. The minimum absolute atomic E-state index is 0.327. The molecular weight excluding hydrogens is 372 g/mol. The van der Waals surface area contributed by atoms with Gasteiger partial charge in [0.2, 0.25) is 0 Å². The van der Waals surface area contributed by atoms with E-state index in [1.165, 1.54) is 89.9 Å². The van der Waals surface area contributed by atoms with Gasteiger partial charge in [0.05, 0.1) is 18.4 Å². The van der Waals surface area contributed by atoms with E-state index in [0.717, 1.165) is 18.4 Å². The summed E-state index contributed by atoms with van der Waals surface area (Å²) in [5.74, 6) is -0.885. The summed E-state index contributed by atoms with van der Waals surface area (Å²) >= 11 is 0. The molecule has 0 radical (unpaired) electrons. The average Bonchev–Trinajstić information content (AvgIpc) is 2.75. The van der Waals surface area contributed by atoms with E-state index >= 15 is 0 Å². The molecule has 0 bridgehead atoms. The predicted octanol–water partition coefficient (Wildman–Crippen LogP) is 8.33. The maximum atomic E-state index is 10.8. The Labute approximate surface area is 184 Å². The van der Waals surface area contributed by atoms with Crippen molar-refractivity contribution in [1.82, 2.24) is 0 Å². The smallest absolute Gasteiger partial charge is 0.335 e. The Bertz CT molecular complexity index is 548. The van der Waals surface area contributed by atoms with Crippen molar-refractivity contribution in [2.24, 2.45) is 0 Å². The SMILES string of the molecule is CCCCCCCCCCCCCCCC/C=C\OCCc1ccc(C(=O)O)cc1. The second kappa shape index (κ2) is 19.2. The molecule has 0 heterocycles. The molecule has 0 spiro atoms. The van der Waals surface area contributed by atoms with Crippen molar-refractivity contribution in [2.75, 3.05) is 6.61 Å². The molecule has 0 fully saturated rings. The summed E-state index contributed by atoms with van der Waals surface area (Å²) in [5.41, 5.74) is 1.42. The number of aromatic carboxylic acids is 1. The predicted molar refractivity (Wildman–Crippen MR) is 127 cm³/mol. The molecule has 1 N–H and O–H groups in total. The van der Waals surface area contributed by atoms with Crippen molar-refractivity contribution in [2.45, 2.75) is 110 Å². The van der Waals surface area contributed by atoms with Crippen LogP contribution in [0.15, 0.2) is 36.6 Å². The Morgan fingerprint density at radius 3 is 1.80 bits per heavy atom. The lowest BCUT2D eigenvalue weighted by Crippen LogP contribution is -1.98. The van der Waals surface area contributed by atoms with Crippen LogP contribution in [0.5, 0.6) is 0 Å². The number of benzene rings is 1. The van der Waals surface area contributed by atoms with Crippen LogP contribution < -0.4 is 0 Å². The average molecular weight is 417 g/mol. The van der Waals surface area contributed by atoms with Crippen LogP contribution in [0.4, 0.5) is 0 Å². The zero-order valence-corrected chi connectivity index (χ0v) is 19.2. The molecule has 1 aromatic rings. The molecule has 3 nitrogen and oxygen atoms in total. The summed E-state index contributed by atoms with van der Waals surface area (Å²) in [6.45, 7) is 2.91. The molecule has 1 aromatic carbocycles. The third-order valence-corrected chi connectivity index (χ3v) is 5.63. The summed E-state index contributed by atoms with van der Waals surface area (Å²) in [4.78, 5) is 10.8. The molecule has 0 aliphatic heterocycles. The van der Waals surface area contributed by atoms with Crippen molar-refractivity contribution in [1.29, 1.82) is 0 Å². The normalized spacial score (nSPS) is 11.2. The summed E-state index contributed by atoms with van der Waals surface area (Å²) < 4.78 is 5.54. The summed E-state index contributed by atoms with van der Waals surface area (Å²) in [6.07, 6.45) is 25.3. The van der Waals surface area contributed by atoms with Crippen LogP contribution >= 0.6 is 0 Å². The first-order valence-electron chi connectivity index (χ1n) is 12.3. The Kier molecular flexibility index (Phi) is 16.8. The summed E-state index contributed by atoms with van der Waals surface area (Å²) in [6, 6.07) is 6.99. The number of allylic oxidation sites excluding steroid dienone is 1. The molecule has 0 aromatic heterocycles. The largest absolute Gasteiger partial charge is 0.501 e. The summed E-state index contributed by atoms with van der Waals surface area (Å²) in [5, 5.41) is 8.89. The highest BCUT2D eigenvalue weighted by Crippen LogP contribution is 2.13. The number of rotatable bonds is 20. The van der Waals surface area contributed by atoms with Crippen molar-refractivity contribution in [3.05, 3.63) is 47.7 Å². The maximum absolute atomic E-state index is 10.8. The van der Waals surface area contributed by atoms with Gasteiger partial charge in [-0.3, -0.25) is 0 Å². The molecule has 0 amide bonds. The van der Waals surface area contributed by atoms with Gasteiger partial charge in [-0.25, -0.2) is 4.79 Å². The van der Waals surface area contributed by atoms with E-state index in [2.05, 4.69) is 13.0 Å². The second-order valence-corrected chi connectivity index (χ2v) is 8.38. The van der Waals surface area contributed by atoms with Gasteiger partial charge >= 0.3 is 5.97 Å². The maximum Gasteiger partial charge on any atom is 0.335 e. The van der Waals surface area contributed by atoms with Gasteiger partial charge in [0.25, 0.3) is 0 Å². The molecule has 0 aliphatic carbocycles. The van der Waals surface area contributed by atoms with E-state index in [9.17, 15) is 4.79 Å². The van der Waals surface area contributed by atoms with Crippen molar-refractivity contribution in [3.8, 4) is 0 Å². The van der Waals surface area contributed by atoms with E-state index in [1.807, 2.05) is 18.4 Å². The van der Waals surface area contributed by atoms with Gasteiger partial charge in [-0.1, -0.05) is 103 Å². The van der Waals surface area contributed by atoms with Crippen molar-refractivity contribution >= 4 is 5.97 Å². The third-order valence-electron chi connectivity index (χ3n) is 5.63. The molecule has 3 heteroatoms. The number of unbranched alkanes of at least 4 members (excludes halogenated alkanes) is 14. The van der Waals surface area contributed by atoms with Gasteiger partial charge in [0, 0.05) is 6.42 Å². The van der Waals surface area contributed by atoms with Crippen LogP contribution in [0.3, 0.4) is 0 Å². The lowest BCUT2D eigenvalue weighted by molar-refractivity contribution is 0.0697. The Balaban J connectivity index is 1.81. The molecule has 30 heavy (non-hydrogen) atoms. The highest BCUT2D eigenvalue weighted by molar-refractivity contribution is 5.87.